The van der Waals surface area contributed by atoms with Gasteiger partial charge in [-0.25, -0.2) is 13.1 Å². The first-order chi connectivity index (χ1) is 9.96. The van der Waals surface area contributed by atoms with E-state index in [2.05, 4.69) is 4.72 Å². The first-order valence-electron chi connectivity index (χ1n) is 6.94. The molecule has 1 rings (SSSR count). The van der Waals surface area contributed by atoms with Crippen LogP contribution in [0.15, 0.2) is 24.3 Å². The Morgan fingerprint density at radius 3 is 2.52 bits per heavy atom. The number of anilines is 1. The molecule has 0 saturated heterocycles. The van der Waals surface area contributed by atoms with Gasteiger partial charge in [0.05, 0.1) is 12.4 Å². The third-order valence-corrected chi connectivity index (χ3v) is 4.25. The number of sulfonamides is 1. The van der Waals surface area contributed by atoms with Crippen LogP contribution in [-0.4, -0.2) is 40.5 Å². The Labute approximate surface area is 126 Å². The maximum Gasteiger partial charge on any atom is 0.215 e. The predicted octanol–water partition coefficient (Wildman–Crippen LogP) is 1.38. The smallest absolute Gasteiger partial charge is 0.215 e. The highest BCUT2D eigenvalue weighted by molar-refractivity contribution is 7.89. The van der Waals surface area contributed by atoms with E-state index in [9.17, 15) is 8.42 Å². The minimum atomic E-state index is -3.38. The fraction of sp³-hybridized carbons (Fsp3) is 0.571. The van der Waals surface area contributed by atoms with Crippen LogP contribution in [0.3, 0.4) is 0 Å². The zero-order valence-electron chi connectivity index (χ0n) is 12.5. The third kappa shape index (κ3) is 7.31. The molecule has 1 aromatic rings. The van der Waals surface area contributed by atoms with E-state index in [1.165, 1.54) is 0 Å². The van der Waals surface area contributed by atoms with Gasteiger partial charge >= 0.3 is 0 Å². The minimum Gasteiger partial charge on any atom is -0.492 e. The van der Waals surface area contributed by atoms with Crippen molar-refractivity contribution < 1.29 is 17.9 Å². The van der Waals surface area contributed by atoms with Crippen LogP contribution in [0.25, 0.3) is 0 Å². The van der Waals surface area contributed by atoms with Gasteiger partial charge in [-0.3, -0.25) is 0 Å². The first kappa shape index (κ1) is 17.7. The van der Waals surface area contributed by atoms with Gasteiger partial charge in [0, 0.05) is 18.8 Å². The number of ether oxygens (including phenoxy) is 2. The molecule has 0 heterocycles. The summed E-state index contributed by atoms with van der Waals surface area (Å²) in [5.74, 6) is 0.503. The molecule has 0 amide bonds. The van der Waals surface area contributed by atoms with E-state index in [0.29, 0.717) is 18.0 Å². The Hall–Kier alpha value is -1.31. The number of benzene rings is 1. The highest BCUT2D eigenvalue weighted by atomic mass is 32.2. The van der Waals surface area contributed by atoms with E-state index in [-0.39, 0.29) is 18.4 Å². The summed E-state index contributed by atoms with van der Waals surface area (Å²) in [6, 6.07) is 6.64. The van der Waals surface area contributed by atoms with Crippen LogP contribution in [0.2, 0.25) is 0 Å². The molecule has 0 aliphatic carbocycles. The molecule has 120 valence electrons. The summed E-state index contributed by atoms with van der Waals surface area (Å²) in [7, 11) is -1.83. The lowest BCUT2D eigenvalue weighted by molar-refractivity contribution is 0.171. The molecule has 0 aliphatic heterocycles. The van der Waals surface area contributed by atoms with Gasteiger partial charge in [-0.05, 0) is 30.7 Å². The molecule has 0 aliphatic rings. The number of nitrogens with one attached hydrogen (secondary N) is 1. The summed E-state index contributed by atoms with van der Waals surface area (Å²) in [6.07, 6.45) is 1.63. The van der Waals surface area contributed by atoms with Gasteiger partial charge in [-0.1, -0.05) is 13.3 Å². The van der Waals surface area contributed by atoms with Gasteiger partial charge in [0.2, 0.25) is 10.0 Å². The Bertz CT molecular complexity index is 496. The molecule has 7 heteroatoms. The van der Waals surface area contributed by atoms with Gasteiger partial charge < -0.3 is 15.2 Å². The molecular formula is C14H24N2O4S. The van der Waals surface area contributed by atoms with Crippen molar-refractivity contribution in [2.45, 2.75) is 25.8 Å². The van der Waals surface area contributed by atoms with E-state index in [1.54, 1.807) is 31.4 Å². The lowest BCUT2D eigenvalue weighted by Crippen LogP contribution is -2.40. The minimum absolute atomic E-state index is 0.0884. The van der Waals surface area contributed by atoms with Crippen LogP contribution < -0.4 is 15.2 Å². The normalized spacial score (nSPS) is 13.0. The molecule has 0 bridgehead atoms. The van der Waals surface area contributed by atoms with Crippen LogP contribution in [0.5, 0.6) is 5.75 Å². The summed E-state index contributed by atoms with van der Waals surface area (Å²) in [6.45, 7) is 2.46. The van der Waals surface area contributed by atoms with Crippen molar-refractivity contribution >= 4 is 15.7 Å². The zero-order chi connectivity index (χ0) is 15.7. The Balaban J connectivity index is 2.42. The first-order valence-corrected chi connectivity index (χ1v) is 8.59. The molecule has 3 N–H and O–H groups in total. The SMILES string of the molecule is CCCC(COC)NS(=O)(=O)CCOc1ccc(N)cc1. The standard InChI is InChI=1S/C14H24N2O4S/c1-3-4-13(11-19-2)16-21(17,18)10-9-20-14-7-5-12(15)6-8-14/h5-8,13,16H,3-4,9-11,15H2,1-2H3. The highest BCUT2D eigenvalue weighted by Gasteiger charge is 2.17. The Morgan fingerprint density at radius 1 is 1.29 bits per heavy atom. The Morgan fingerprint density at radius 2 is 1.95 bits per heavy atom. The summed E-state index contributed by atoms with van der Waals surface area (Å²) in [4.78, 5) is 0. The van der Waals surface area contributed by atoms with Crippen molar-refractivity contribution in [3.63, 3.8) is 0 Å². The average Bonchev–Trinajstić information content (AvgIpc) is 2.41. The van der Waals surface area contributed by atoms with Crippen molar-refractivity contribution in [2.75, 3.05) is 31.8 Å². The van der Waals surface area contributed by atoms with Crippen molar-refractivity contribution in [3.05, 3.63) is 24.3 Å². The molecule has 0 radical (unpaired) electrons. The summed E-state index contributed by atoms with van der Waals surface area (Å²) >= 11 is 0. The van der Waals surface area contributed by atoms with E-state index in [1.807, 2.05) is 6.92 Å². The number of hydrogen-bond acceptors (Lipinski definition) is 5. The number of nitrogen functional groups attached to an aromatic ring is 1. The molecular weight excluding hydrogens is 292 g/mol. The molecule has 1 atom stereocenters. The lowest BCUT2D eigenvalue weighted by atomic mass is 10.2. The number of rotatable bonds is 10. The van der Waals surface area contributed by atoms with Crippen LogP contribution in [0, 0.1) is 0 Å². The fourth-order valence-corrected chi connectivity index (χ4v) is 2.99. The van der Waals surface area contributed by atoms with Crippen LogP contribution in [0.4, 0.5) is 5.69 Å². The molecule has 1 aromatic carbocycles. The second-order valence-electron chi connectivity index (χ2n) is 4.80. The molecule has 1 unspecified atom stereocenters. The van der Waals surface area contributed by atoms with Crippen LogP contribution >= 0.6 is 0 Å². The maximum absolute atomic E-state index is 12.0. The van der Waals surface area contributed by atoms with E-state index in [0.717, 1.165) is 12.8 Å². The summed E-state index contributed by atoms with van der Waals surface area (Å²) in [5, 5.41) is 0. The van der Waals surface area contributed by atoms with Crippen LogP contribution in [0.1, 0.15) is 19.8 Å². The second-order valence-corrected chi connectivity index (χ2v) is 6.67. The number of methoxy groups -OCH3 is 1. The van der Waals surface area contributed by atoms with Gasteiger partial charge in [0.25, 0.3) is 0 Å². The van der Waals surface area contributed by atoms with Gasteiger partial charge in [0.15, 0.2) is 0 Å². The maximum atomic E-state index is 12.0. The molecule has 0 aromatic heterocycles. The lowest BCUT2D eigenvalue weighted by Gasteiger charge is -2.17. The second kappa shape index (κ2) is 8.86. The molecule has 21 heavy (non-hydrogen) atoms. The number of hydrogen-bond donors (Lipinski definition) is 2. The van der Waals surface area contributed by atoms with Crippen molar-refractivity contribution in [1.82, 2.24) is 4.72 Å². The molecule has 0 spiro atoms. The average molecular weight is 316 g/mol. The van der Waals surface area contributed by atoms with E-state index < -0.39 is 10.0 Å². The predicted molar refractivity (Wildman–Crippen MR) is 83.8 cm³/mol. The summed E-state index contributed by atoms with van der Waals surface area (Å²) in [5.41, 5.74) is 6.20. The molecule has 6 nitrogen and oxygen atoms in total. The highest BCUT2D eigenvalue weighted by Crippen LogP contribution is 2.13. The summed E-state index contributed by atoms with van der Waals surface area (Å²) < 4.78 is 37.0. The van der Waals surface area contributed by atoms with Crippen LogP contribution in [-0.2, 0) is 14.8 Å². The monoisotopic (exact) mass is 316 g/mol. The van der Waals surface area contributed by atoms with Crippen molar-refractivity contribution in [1.29, 1.82) is 0 Å². The number of nitrogens with two attached hydrogens (primary N) is 1. The molecule has 0 fully saturated rings. The van der Waals surface area contributed by atoms with Crippen molar-refractivity contribution in [2.24, 2.45) is 0 Å². The van der Waals surface area contributed by atoms with Gasteiger partial charge in [0.1, 0.15) is 12.4 Å². The van der Waals surface area contributed by atoms with E-state index >= 15 is 0 Å². The van der Waals surface area contributed by atoms with Crippen molar-refractivity contribution in [3.8, 4) is 5.75 Å². The van der Waals surface area contributed by atoms with Gasteiger partial charge in [-0.15, -0.1) is 0 Å². The van der Waals surface area contributed by atoms with E-state index in [4.69, 9.17) is 15.2 Å². The quantitative estimate of drug-likeness (QED) is 0.636. The Kier molecular flexibility index (Phi) is 7.49. The van der Waals surface area contributed by atoms with Gasteiger partial charge in [-0.2, -0.15) is 0 Å². The molecule has 0 saturated carbocycles. The zero-order valence-corrected chi connectivity index (χ0v) is 13.4. The largest absolute Gasteiger partial charge is 0.492 e. The topological polar surface area (TPSA) is 90.6 Å². The third-order valence-electron chi connectivity index (χ3n) is 2.85. The fourth-order valence-electron chi connectivity index (χ4n) is 1.87.